The van der Waals surface area contributed by atoms with Crippen molar-refractivity contribution >= 4 is 11.3 Å². The van der Waals surface area contributed by atoms with Crippen molar-refractivity contribution in [2.75, 3.05) is 6.54 Å². The molecule has 1 aromatic heterocycles. The first-order valence-corrected chi connectivity index (χ1v) is 8.88. The highest BCUT2D eigenvalue weighted by Gasteiger charge is 2.13. The highest BCUT2D eigenvalue weighted by atomic mass is 32.1. The first kappa shape index (κ1) is 16.3. The van der Waals surface area contributed by atoms with E-state index in [1.165, 1.54) is 45.7 Å². The van der Waals surface area contributed by atoms with Gasteiger partial charge in [-0.05, 0) is 56.5 Å². The zero-order valence-corrected chi connectivity index (χ0v) is 14.5. The molecule has 114 valence electrons. The lowest BCUT2D eigenvalue weighted by Crippen LogP contribution is -2.21. The summed E-state index contributed by atoms with van der Waals surface area (Å²) in [5, 5.41) is 3.69. The maximum absolute atomic E-state index is 3.69. The Morgan fingerprint density at radius 3 is 2.52 bits per heavy atom. The van der Waals surface area contributed by atoms with Crippen molar-refractivity contribution in [3.8, 4) is 10.4 Å². The van der Waals surface area contributed by atoms with E-state index in [-0.39, 0.29) is 0 Å². The Morgan fingerprint density at radius 2 is 1.86 bits per heavy atom. The molecular formula is C19H27NS. The van der Waals surface area contributed by atoms with Gasteiger partial charge in [-0.2, -0.15) is 0 Å². The van der Waals surface area contributed by atoms with Gasteiger partial charge in [-0.25, -0.2) is 0 Å². The summed E-state index contributed by atoms with van der Waals surface area (Å²) < 4.78 is 0. The summed E-state index contributed by atoms with van der Waals surface area (Å²) in [6.07, 6.45) is 3.63. The highest BCUT2D eigenvalue weighted by molar-refractivity contribution is 7.15. The maximum Gasteiger partial charge on any atom is 0.0414 e. The lowest BCUT2D eigenvalue weighted by atomic mass is 10.0. The molecule has 0 aliphatic carbocycles. The van der Waals surface area contributed by atoms with Crippen LogP contribution in [0.5, 0.6) is 0 Å². The van der Waals surface area contributed by atoms with Crippen molar-refractivity contribution < 1.29 is 0 Å². The normalized spacial score (nSPS) is 12.6. The van der Waals surface area contributed by atoms with Crippen LogP contribution in [0.2, 0.25) is 0 Å². The molecule has 2 rings (SSSR count). The summed E-state index contributed by atoms with van der Waals surface area (Å²) >= 11 is 1.94. The van der Waals surface area contributed by atoms with Crippen LogP contribution in [0.25, 0.3) is 10.4 Å². The van der Waals surface area contributed by atoms with Gasteiger partial charge in [-0.3, -0.25) is 0 Å². The molecule has 0 amide bonds. The SMILES string of the molecule is CCCNC(CCC)c1ccc(-c2ccc(C)cc2C)s1. The minimum Gasteiger partial charge on any atom is -0.309 e. The van der Waals surface area contributed by atoms with Gasteiger partial charge in [0.2, 0.25) is 0 Å². The molecule has 0 spiro atoms. The predicted molar refractivity (Wildman–Crippen MR) is 95.2 cm³/mol. The largest absolute Gasteiger partial charge is 0.309 e. The molecule has 21 heavy (non-hydrogen) atoms. The Morgan fingerprint density at radius 1 is 1.05 bits per heavy atom. The summed E-state index contributed by atoms with van der Waals surface area (Å²) in [5.74, 6) is 0. The molecule has 0 saturated heterocycles. The Bertz CT molecular complexity index is 571. The Hall–Kier alpha value is -1.12. The van der Waals surface area contributed by atoms with Crippen LogP contribution in [-0.4, -0.2) is 6.54 Å². The van der Waals surface area contributed by atoms with Crippen molar-refractivity contribution in [2.45, 2.75) is 53.0 Å². The van der Waals surface area contributed by atoms with Crippen LogP contribution >= 0.6 is 11.3 Å². The van der Waals surface area contributed by atoms with Gasteiger partial charge in [-0.15, -0.1) is 11.3 Å². The van der Waals surface area contributed by atoms with E-state index in [0.29, 0.717) is 6.04 Å². The lowest BCUT2D eigenvalue weighted by molar-refractivity contribution is 0.501. The molecule has 1 aromatic carbocycles. The molecule has 0 radical (unpaired) electrons. The van der Waals surface area contributed by atoms with E-state index in [1.807, 2.05) is 11.3 Å². The molecule has 1 N–H and O–H groups in total. The third-order valence-electron chi connectivity index (χ3n) is 3.84. The standard InChI is InChI=1S/C19H27NS/c1-5-7-17(20-12-6-2)19-11-10-18(21-19)16-9-8-14(3)13-15(16)4/h8-11,13,17,20H,5-7,12H2,1-4H3. The van der Waals surface area contributed by atoms with Gasteiger partial charge in [0, 0.05) is 15.8 Å². The van der Waals surface area contributed by atoms with Crippen molar-refractivity contribution in [3.63, 3.8) is 0 Å². The minimum atomic E-state index is 0.513. The molecule has 1 nitrogen and oxygen atoms in total. The van der Waals surface area contributed by atoms with Crippen molar-refractivity contribution in [2.24, 2.45) is 0 Å². The maximum atomic E-state index is 3.69. The number of hydrogen-bond donors (Lipinski definition) is 1. The first-order chi connectivity index (χ1) is 10.2. The number of rotatable bonds is 7. The molecule has 0 bridgehead atoms. The van der Waals surface area contributed by atoms with E-state index < -0.39 is 0 Å². The number of nitrogens with one attached hydrogen (secondary N) is 1. The van der Waals surface area contributed by atoms with E-state index in [4.69, 9.17) is 0 Å². The van der Waals surface area contributed by atoms with Crippen LogP contribution in [-0.2, 0) is 0 Å². The second-order valence-corrected chi connectivity index (χ2v) is 6.93. The fraction of sp³-hybridized carbons (Fsp3) is 0.474. The van der Waals surface area contributed by atoms with Gasteiger partial charge in [0.15, 0.2) is 0 Å². The van der Waals surface area contributed by atoms with Crippen LogP contribution in [0.3, 0.4) is 0 Å². The Kier molecular flexibility index (Phi) is 6.01. The van der Waals surface area contributed by atoms with Crippen LogP contribution in [0.15, 0.2) is 30.3 Å². The first-order valence-electron chi connectivity index (χ1n) is 8.06. The summed E-state index contributed by atoms with van der Waals surface area (Å²) in [6, 6.07) is 11.8. The molecule has 1 heterocycles. The minimum absolute atomic E-state index is 0.513. The Labute approximate surface area is 133 Å². The van der Waals surface area contributed by atoms with Gasteiger partial charge in [0.05, 0.1) is 0 Å². The molecule has 1 atom stereocenters. The topological polar surface area (TPSA) is 12.0 Å². The summed E-state index contributed by atoms with van der Waals surface area (Å²) in [4.78, 5) is 2.86. The third kappa shape index (κ3) is 4.18. The van der Waals surface area contributed by atoms with Crippen molar-refractivity contribution in [3.05, 3.63) is 46.3 Å². The number of hydrogen-bond acceptors (Lipinski definition) is 2. The highest BCUT2D eigenvalue weighted by Crippen LogP contribution is 2.34. The average molecular weight is 301 g/mol. The zero-order valence-electron chi connectivity index (χ0n) is 13.7. The zero-order chi connectivity index (χ0) is 15.2. The van der Waals surface area contributed by atoms with Crippen LogP contribution in [0.4, 0.5) is 0 Å². The fourth-order valence-electron chi connectivity index (χ4n) is 2.73. The van der Waals surface area contributed by atoms with E-state index >= 15 is 0 Å². The van der Waals surface area contributed by atoms with Crippen molar-refractivity contribution in [1.29, 1.82) is 0 Å². The second-order valence-electron chi connectivity index (χ2n) is 5.82. The molecule has 2 heteroatoms. The van der Waals surface area contributed by atoms with Crippen LogP contribution in [0, 0.1) is 13.8 Å². The number of benzene rings is 1. The monoisotopic (exact) mass is 301 g/mol. The van der Waals surface area contributed by atoms with E-state index in [1.54, 1.807) is 0 Å². The summed E-state index contributed by atoms with van der Waals surface area (Å²) in [7, 11) is 0. The average Bonchev–Trinajstić information content (AvgIpc) is 2.93. The van der Waals surface area contributed by atoms with Gasteiger partial charge >= 0.3 is 0 Å². The van der Waals surface area contributed by atoms with Gasteiger partial charge < -0.3 is 5.32 Å². The van der Waals surface area contributed by atoms with E-state index in [9.17, 15) is 0 Å². The van der Waals surface area contributed by atoms with Crippen LogP contribution in [0.1, 0.15) is 55.2 Å². The third-order valence-corrected chi connectivity index (χ3v) is 5.07. The molecule has 1 unspecified atom stereocenters. The molecular weight excluding hydrogens is 274 g/mol. The predicted octanol–water partition coefficient (Wildman–Crippen LogP) is 5.87. The smallest absolute Gasteiger partial charge is 0.0414 e. The molecule has 0 saturated carbocycles. The van der Waals surface area contributed by atoms with E-state index in [2.05, 4.69) is 63.3 Å². The van der Waals surface area contributed by atoms with Gasteiger partial charge in [-0.1, -0.05) is 44.0 Å². The second kappa shape index (κ2) is 7.77. The van der Waals surface area contributed by atoms with Crippen LogP contribution < -0.4 is 5.32 Å². The molecule has 0 aliphatic rings. The van der Waals surface area contributed by atoms with Gasteiger partial charge in [0.1, 0.15) is 0 Å². The summed E-state index contributed by atoms with van der Waals surface area (Å²) in [6.45, 7) is 9.95. The lowest BCUT2D eigenvalue weighted by Gasteiger charge is -2.16. The quantitative estimate of drug-likeness (QED) is 0.674. The van der Waals surface area contributed by atoms with E-state index in [0.717, 1.165) is 6.54 Å². The molecule has 0 aliphatic heterocycles. The number of aryl methyl sites for hydroxylation is 2. The number of thiophene rings is 1. The van der Waals surface area contributed by atoms with Gasteiger partial charge in [0.25, 0.3) is 0 Å². The van der Waals surface area contributed by atoms with Crippen molar-refractivity contribution in [1.82, 2.24) is 5.32 Å². The summed E-state index contributed by atoms with van der Waals surface area (Å²) in [5.41, 5.74) is 4.08. The Balaban J connectivity index is 2.22. The fourth-order valence-corrected chi connectivity index (χ4v) is 3.94. The molecule has 0 fully saturated rings. The molecule has 2 aromatic rings.